The van der Waals surface area contributed by atoms with Gasteiger partial charge >= 0.3 is 11.9 Å². The SMILES string of the molecule is CC(C)COC(=O)C1=CC(C)(C(=O)OCC(C)C)C=CC=C1. The zero-order valence-corrected chi connectivity index (χ0v) is 14.1. The first-order valence-corrected chi connectivity index (χ1v) is 7.67. The molecule has 0 aliphatic heterocycles. The minimum Gasteiger partial charge on any atom is -0.465 e. The standard InChI is InChI=1S/C18H26O4/c1-13(2)11-21-16(19)15-8-6-7-9-18(5,10-15)17(20)22-12-14(3)4/h6-10,13-14H,11-12H2,1-5H3. The van der Waals surface area contributed by atoms with Crippen LogP contribution in [0.15, 0.2) is 36.0 Å². The molecule has 0 saturated heterocycles. The van der Waals surface area contributed by atoms with Crippen LogP contribution in [0.3, 0.4) is 0 Å². The first-order chi connectivity index (χ1) is 10.2. The van der Waals surface area contributed by atoms with Gasteiger partial charge in [0, 0.05) is 0 Å². The molecule has 0 fully saturated rings. The molecule has 0 heterocycles. The van der Waals surface area contributed by atoms with E-state index in [9.17, 15) is 9.59 Å². The topological polar surface area (TPSA) is 52.6 Å². The minimum atomic E-state index is -0.968. The number of carbonyl (C=O) groups is 2. The molecule has 1 rings (SSSR count). The van der Waals surface area contributed by atoms with E-state index in [2.05, 4.69) is 0 Å². The highest BCUT2D eigenvalue weighted by molar-refractivity contribution is 5.94. The summed E-state index contributed by atoms with van der Waals surface area (Å²) in [6, 6.07) is 0. The van der Waals surface area contributed by atoms with Gasteiger partial charge in [0.25, 0.3) is 0 Å². The summed E-state index contributed by atoms with van der Waals surface area (Å²) < 4.78 is 10.5. The molecular weight excluding hydrogens is 280 g/mol. The second kappa shape index (κ2) is 7.97. The molecule has 1 unspecified atom stereocenters. The van der Waals surface area contributed by atoms with Crippen LogP contribution in [-0.4, -0.2) is 25.2 Å². The Morgan fingerprint density at radius 1 is 1.05 bits per heavy atom. The molecule has 0 amide bonds. The van der Waals surface area contributed by atoms with E-state index >= 15 is 0 Å². The quantitative estimate of drug-likeness (QED) is 0.705. The van der Waals surface area contributed by atoms with Crippen molar-refractivity contribution >= 4 is 11.9 Å². The maximum absolute atomic E-state index is 12.3. The van der Waals surface area contributed by atoms with Crippen molar-refractivity contribution in [3.05, 3.63) is 36.0 Å². The van der Waals surface area contributed by atoms with Crippen molar-refractivity contribution in [2.45, 2.75) is 34.6 Å². The summed E-state index contributed by atoms with van der Waals surface area (Å²) in [6.07, 6.45) is 8.46. The van der Waals surface area contributed by atoms with Gasteiger partial charge in [0.1, 0.15) is 5.41 Å². The van der Waals surface area contributed by atoms with Crippen molar-refractivity contribution in [1.82, 2.24) is 0 Å². The van der Waals surface area contributed by atoms with E-state index in [1.807, 2.05) is 27.7 Å². The van der Waals surface area contributed by atoms with Crippen LogP contribution in [-0.2, 0) is 19.1 Å². The number of hydrogen-bond acceptors (Lipinski definition) is 4. The Balaban J connectivity index is 2.88. The molecule has 0 aromatic carbocycles. The molecule has 1 aliphatic carbocycles. The van der Waals surface area contributed by atoms with Crippen LogP contribution in [0.1, 0.15) is 34.6 Å². The van der Waals surface area contributed by atoms with Crippen molar-refractivity contribution in [2.24, 2.45) is 17.3 Å². The van der Waals surface area contributed by atoms with E-state index in [0.717, 1.165) is 0 Å². The van der Waals surface area contributed by atoms with Crippen molar-refractivity contribution in [2.75, 3.05) is 13.2 Å². The Hall–Kier alpha value is -1.84. The Bertz CT molecular complexity index is 497. The van der Waals surface area contributed by atoms with Gasteiger partial charge in [-0.1, -0.05) is 45.9 Å². The molecule has 0 spiro atoms. The number of ether oxygens (including phenoxy) is 2. The Morgan fingerprint density at radius 2 is 1.64 bits per heavy atom. The Kier molecular flexibility index (Phi) is 6.60. The van der Waals surface area contributed by atoms with Gasteiger partial charge in [-0.15, -0.1) is 0 Å². The zero-order chi connectivity index (χ0) is 16.8. The Morgan fingerprint density at radius 3 is 2.23 bits per heavy atom. The lowest BCUT2D eigenvalue weighted by molar-refractivity contribution is -0.150. The molecule has 0 aromatic heterocycles. The van der Waals surface area contributed by atoms with E-state index in [0.29, 0.717) is 18.8 Å². The molecule has 122 valence electrons. The van der Waals surface area contributed by atoms with Gasteiger partial charge in [0.15, 0.2) is 0 Å². The van der Waals surface area contributed by atoms with Gasteiger partial charge in [-0.2, -0.15) is 0 Å². The maximum Gasteiger partial charge on any atom is 0.337 e. The molecule has 4 nitrogen and oxygen atoms in total. The molecule has 22 heavy (non-hydrogen) atoms. The second-order valence-corrected chi connectivity index (χ2v) is 6.59. The molecule has 0 bridgehead atoms. The maximum atomic E-state index is 12.3. The third kappa shape index (κ3) is 5.51. The van der Waals surface area contributed by atoms with Crippen LogP contribution in [0, 0.1) is 17.3 Å². The van der Waals surface area contributed by atoms with E-state index < -0.39 is 11.4 Å². The normalized spacial score (nSPS) is 20.8. The molecule has 4 heteroatoms. The fraction of sp³-hybridized carbons (Fsp3) is 0.556. The van der Waals surface area contributed by atoms with Crippen molar-refractivity contribution in [3.63, 3.8) is 0 Å². The minimum absolute atomic E-state index is 0.264. The highest BCUT2D eigenvalue weighted by atomic mass is 16.5. The van der Waals surface area contributed by atoms with Gasteiger partial charge < -0.3 is 9.47 Å². The molecule has 0 saturated carbocycles. The third-order valence-corrected chi connectivity index (χ3v) is 3.06. The predicted molar refractivity (Wildman–Crippen MR) is 86.1 cm³/mol. The van der Waals surface area contributed by atoms with Crippen LogP contribution >= 0.6 is 0 Å². The molecule has 0 aromatic rings. The van der Waals surface area contributed by atoms with Gasteiger partial charge in [0.2, 0.25) is 0 Å². The van der Waals surface area contributed by atoms with E-state index in [-0.39, 0.29) is 17.8 Å². The number of carbonyl (C=O) groups excluding carboxylic acids is 2. The largest absolute Gasteiger partial charge is 0.465 e. The van der Waals surface area contributed by atoms with Crippen LogP contribution in [0.5, 0.6) is 0 Å². The van der Waals surface area contributed by atoms with Crippen LogP contribution in [0.4, 0.5) is 0 Å². The third-order valence-electron chi connectivity index (χ3n) is 3.06. The van der Waals surface area contributed by atoms with Gasteiger partial charge in [-0.3, -0.25) is 4.79 Å². The summed E-state index contributed by atoms with van der Waals surface area (Å²) >= 11 is 0. The molecule has 1 atom stereocenters. The van der Waals surface area contributed by atoms with Crippen molar-refractivity contribution < 1.29 is 19.1 Å². The van der Waals surface area contributed by atoms with Gasteiger partial charge in [0.05, 0.1) is 18.8 Å². The lowest BCUT2D eigenvalue weighted by atomic mass is 9.88. The summed E-state index contributed by atoms with van der Waals surface area (Å²) in [7, 11) is 0. The zero-order valence-electron chi connectivity index (χ0n) is 14.1. The predicted octanol–water partition coefficient (Wildman–Crippen LogP) is 3.44. The number of esters is 2. The number of allylic oxidation sites excluding steroid dienone is 2. The van der Waals surface area contributed by atoms with Crippen LogP contribution < -0.4 is 0 Å². The summed E-state index contributed by atoms with van der Waals surface area (Å²) in [5.41, 5.74) is -0.598. The average Bonchev–Trinajstić information content (AvgIpc) is 2.65. The molecular formula is C18H26O4. The fourth-order valence-corrected chi connectivity index (χ4v) is 1.81. The first-order valence-electron chi connectivity index (χ1n) is 7.67. The highest BCUT2D eigenvalue weighted by Crippen LogP contribution is 2.27. The van der Waals surface area contributed by atoms with E-state index in [4.69, 9.17) is 9.47 Å². The summed E-state index contributed by atoms with van der Waals surface area (Å²) in [5, 5.41) is 0. The lowest BCUT2D eigenvalue weighted by Gasteiger charge is -2.21. The second-order valence-electron chi connectivity index (χ2n) is 6.59. The smallest absolute Gasteiger partial charge is 0.337 e. The van der Waals surface area contributed by atoms with Crippen LogP contribution in [0.25, 0.3) is 0 Å². The van der Waals surface area contributed by atoms with Crippen molar-refractivity contribution in [1.29, 1.82) is 0 Å². The van der Waals surface area contributed by atoms with Gasteiger partial charge in [-0.05, 0) is 30.9 Å². The molecule has 0 radical (unpaired) electrons. The van der Waals surface area contributed by atoms with E-state index in [1.54, 1.807) is 37.3 Å². The highest BCUT2D eigenvalue weighted by Gasteiger charge is 2.32. The first kappa shape index (κ1) is 18.2. The van der Waals surface area contributed by atoms with Crippen LogP contribution in [0.2, 0.25) is 0 Å². The molecule has 0 N–H and O–H groups in total. The number of rotatable bonds is 6. The van der Waals surface area contributed by atoms with Crippen molar-refractivity contribution in [3.8, 4) is 0 Å². The summed E-state index contributed by atoms with van der Waals surface area (Å²) in [4.78, 5) is 24.4. The molecule has 1 aliphatic rings. The average molecular weight is 306 g/mol. The summed E-state index contributed by atoms with van der Waals surface area (Å²) in [5.74, 6) is -0.258. The fourth-order valence-electron chi connectivity index (χ4n) is 1.81. The summed E-state index contributed by atoms with van der Waals surface area (Å²) in [6.45, 7) is 10.3. The van der Waals surface area contributed by atoms with E-state index in [1.165, 1.54) is 0 Å². The van der Waals surface area contributed by atoms with Gasteiger partial charge in [-0.25, -0.2) is 4.79 Å². The number of hydrogen-bond donors (Lipinski definition) is 0. The lowest BCUT2D eigenvalue weighted by Crippen LogP contribution is -2.28. The Labute approximate surface area is 132 Å². The monoisotopic (exact) mass is 306 g/mol.